The lowest BCUT2D eigenvalue weighted by molar-refractivity contribution is 0.602. The molecule has 0 saturated heterocycles. The molecule has 1 heterocycles. The molecule has 90 valence electrons. The maximum atomic E-state index is 3.42. The molecule has 2 aromatic rings. The lowest BCUT2D eigenvalue weighted by Crippen LogP contribution is -2.17. The molecule has 0 aliphatic heterocycles. The molecular weight excluding hydrogens is 226 g/mol. The molecule has 1 atom stereocenters. The maximum Gasteiger partial charge on any atom is 0.0453 e. The average Bonchev–Trinajstić information content (AvgIpc) is 2.68. The molecule has 2 rings (SSSR count). The van der Waals surface area contributed by atoms with Gasteiger partial charge in [-0.15, -0.1) is 11.3 Å². The molecule has 0 aliphatic rings. The van der Waals surface area contributed by atoms with Crippen LogP contribution < -0.4 is 5.32 Å². The molecule has 0 amide bonds. The van der Waals surface area contributed by atoms with E-state index in [0.29, 0.717) is 6.04 Å². The van der Waals surface area contributed by atoms with Crippen LogP contribution in [0, 0.1) is 13.8 Å². The van der Waals surface area contributed by atoms with E-state index in [9.17, 15) is 0 Å². The van der Waals surface area contributed by atoms with Gasteiger partial charge in [-0.3, -0.25) is 0 Å². The van der Waals surface area contributed by atoms with Crippen LogP contribution in [0.15, 0.2) is 36.4 Å². The van der Waals surface area contributed by atoms with Crippen molar-refractivity contribution in [3.8, 4) is 0 Å². The van der Waals surface area contributed by atoms with E-state index < -0.39 is 0 Å². The van der Waals surface area contributed by atoms with Crippen LogP contribution in [0.3, 0.4) is 0 Å². The highest BCUT2D eigenvalue weighted by molar-refractivity contribution is 7.12. The zero-order chi connectivity index (χ0) is 12.3. The SMILES string of the molecule is CNC(Cc1ccccc1)c1cc(C)c(C)s1. The van der Waals surface area contributed by atoms with Gasteiger partial charge in [0.2, 0.25) is 0 Å². The van der Waals surface area contributed by atoms with Crippen LogP contribution in [0.25, 0.3) is 0 Å². The summed E-state index contributed by atoms with van der Waals surface area (Å²) in [6.07, 6.45) is 1.05. The molecule has 0 spiro atoms. The first kappa shape index (κ1) is 12.3. The normalized spacial score (nSPS) is 12.6. The van der Waals surface area contributed by atoms with Crippen molar-refractivity contribution in [1.82, 2.24) is 5.32 Å². The summed E-state index contributed by atoms with van der Waals surface area (Å²) in [7, 11) is 2.04. The molecule has 17 heavy (non-hydrogen) atoms. The Bertz CT molecular complexity index is 453. The van der Waals surface area contributed by atoms with E-state index in [1.54, 1.807) is 0 Å². The minimum absolute atomic E-state index is 0.426. The van der Waals surface area contributed by atoms with Gasteiger partial charge in [-0.1, -0.05) is 30.3 Å². The van der Waals surface area contributed by atoms with Crippen LogP contribution in [0.4, 0.5) is 0 Å². The smallest absolute Gasteiger partial charge is 0.0453 e. The Hall–Kier alpha value is -1.12. The van der Waals surface area contributed by atoms with Crippen molar-refractivity contribution >= 4 is 11.3 Å². The lowest BCUT2D eigenvalue weighted by atomic mass is 10.0. The summed E-state index contributed by atoms with van der Waals surface area (Å²) in [6, 6.07) is 13.4. The zero-order valence-electron chi connectivity index (χ0n) is 10.7. The van der Waals surface area contributed by atoms with Crippen LogP contribution in [-0.2, 0) is 6.42 Å². The minimum Gasteiger partial charge on any atom is -0.312 e. The molecule has 0 radical (unpaired) electrons. The van der Waals surface area contributed by atoms with Gasteiger partial charge < -0.3 is 5.32 Å². The number of thiophene rings is 1. The Balaban J connectivity index is 2.17. The third-order valence-corrected chi connectivity index (χ3v) is 4.43. The van der Waals surface area contributed by atoms with Crippen LogP contribution in [-0.4, -0.2) is 7.05 Å². The molecule has 1 unspecified atom stereocenters. The van der Waals surface area contributed by atoms with Crippen LogP contribution in [0.5, 0.6) is 0 Å². The fourth-order valence-corrected chi connectivity index (χ4v) is 3.12. The summed E-state index contributed by atoms with van der Waals surface area (Å²) in [5.74, 6) is 0. The highest BCUT2D eigenvalue weighted by Gasteiger charge is 2.13. The predicted octanol–water partition coefficient (Wildman–Crippen LogP) is 3.87. The standard InChI is InChI=1S/C15H19NS/c1-11-9-15(17-12(11)2)14(16-3)10-13-7-5-4-6-8-13/h4-9,14,16H,10H2,1-3H3. The van der Waals surface area contributed by atoms with Gasteiger partial charge in [0.1, 0.15) is 0 Å². The molecule has 0 fully saturated rings. The molecule has 0 saturated carbocycles. The Kier molecular flexibility index (Phi) is 3.97. The third kappa shape index (κ3) is 2.96. The van der Waals surface area contributed by atoms with Crippen molar-refractivity contribution in [2.75, 3.05) is 7.05 Å². The topological polar surface area (TPSA) is 12.0 Å². The molecule has 0 bridgehead atoms. The van der Waals surface area contributed by atoms with Gasteiger partial charge in [-0.05, 0) is 44.5 Å². The number of nitrogens with one attached hydrogen (secondary N) is 1. The van der Waals surface area contributed by atoms with Gasteiger partial charge in [-0.25, -0.2) is 0 Å². The molecule has 1 aromatic heterocycles. The first-order chi connectivity index (χ1) is 8.20. The van der Waals surface area contributed by atoms with Gasteiger partial charge >= 0.3 is 0 Å². The van der Waals surface area contributed by atoms with E-state index >= 15 is 0 Å². The van der Waals surface area contributed by atoms with Crippen LogP contribution in [0.1, 0.15) is 26.9 Å². The van der Waals surface area contributed by atoms with E-state index in [2.05, 4.69) is 55.6 Å². The minimum atomic E-state index is 0.426. The van der Waals surface area contributed by atoms with E-state index in [0.717, 1.165) is 6.42 Å². The molecule has 1 N–H and O–H groups in total. The lowest BCUT2D eigenvalue weighted by Gasteiger charge is -2.14. The average molecular weight is 245 g/mol. The number of rotatable bonds is 4. The summed E-state index contributed by atoms with van der Waals surface area (Å²) in [6.45, 7) is 4.38. The summed E-state index contributed by atoms with van der Waals surface area (Å²) >= 11 is 1.90. The van der Waals surface area contributed by atoms with E-state index in [1.165, 1.54) is 20.9 Å². The van der Waals surface area contributed by atoms with Gasteiger partial charge in [0.05, 0.1) is 0 Å². The second kappa shape index (κ2) is 5.48. The summed E-state index contributed by atoms with van der Waals surface area (Å²) in [5, 5.41) is 3.42. The largest absolute Gasteiger partial charge is 0.312 e. The van der Waals surface area contributed by atoms with Gasteiger partial charge in [0.25, 0.3) is 0 Å². The van der Waals surface area contributed by atoms with E-state index in [1.807, 2.05) is 18.4 Å². The monoisotopic (exact) mass is 245 g/mol. The predicted molar refractivity (Wildman–Crippen MR) is 75.7 cm³/mol. The van der Waals surface area contributed by atoms with Crippen molar-refractivity contribution in [3.05, 3.63) is 57.3 Å². The highest BCUT2D eigenvalue weighted by atomic mass is 32.1. The zero-order valence-corrected chi connectivity index (χ0v) is 11.5. The second-order valence-electron chi connectivity index (χ2n) is 4.42. The van der Waals surface area contributed by atoms with Crippen LogP contribution >= 0.6 is 11.3 Å². The highest BCUT2D eigenvalue weighted by Crippen LogP contribution is 2.28. The van der Waals surface area contributed by atoms with Crippen molar-refractivity contribution in [2.45, 2.75) is 26.3 Å². The number of hydrogen-bond acceptors (Lipinski definition) is 2. The Morgan fingerprint density at radius 2 is 1.88 bits per heavy atom. The van der Waals surface area contributed by atoms with Crippen LogP contribution in [0.2, 0.25) is 0 Å². The second-order valence-corrected chi connectivity index (χ2v) is 5.71. The number of likely N-dealkylation sites (N-methyl/N-ethyl adjacent to an activating group) is 1. The Morgan fingerprint density at radius 1 is 1.18 bits per heavy atom. The number of hydrogen-bond donors (Lipinski definition) is 1. The summed E-state index contributed by atoms with van der Waals surface area (Å²) in [4.78, 5) is 2.86. The third-order valence-electron chi connectivity index (χ3n) is 3.16. The quantitative estimate of drug-likeness (QED) is 0.862. The first-order valence-electron chi connectivity index (χ1n) is 5.99. The Labute approximate surface area is 108 Å². The van der Waals surface area contributed by atoms with E-state index in [-0.39, 0.29) is 0 Å². The molecular formula is C15H19NS. The fraction of sp³-hybridized carbons (Fsp3) is 0.333. The van der Waals surface area contributed by atoms with Crippen molar-refractivity contribution in [2.24, 2.45) is 0 Å². The van der Waals surface area contributed by atoms with Gasteiger partial charge in [0.15, 0.2) is 0 Å². The number of aryl methyl sites for hydroxylation is 2. The fourth-order valence-electron chi connectivity index (χ4n) is 1.97. The molecule has 1 nitrogen and oxygen atoms in total. The molecule has 1 aromatic carbocycles. The summed E-state index contributed by atoms with van der Waals surface area (Å²) in [5.41, 5.74) is 2.79. The van der Waals surface area contributed by atoms with Crippen molar-refractivity contribution in [3.63, 3.8) is 0 Å². The summed E-state index contributed by atoms with van der Waals surface area (Å²) < 4.78 is 0. The Morgan fingerprint density at radius 3 is 2.41 bits per heavy atom. The van der Waals surface area contributed by atoms with Gasteiger partial charge in [0, 0.05) is 15.8 Å². The first-order valence-corrected chi connectivity index (χ1v) is 6.80. The molecule has 2 heteroatoms. The van der Waals surface area contributed by atoms with Gasteiger partial charge in [-0.2, -0.15) is 0 Å². The van der Waals surface area contributed by atoms with E-state index in [4.69, 9.17) is 0 Å². The van der Waals surface area contributed by atoms with Crippen molar-refractivity contribution < 1.29 is 0 Å². The number of benzene rings is 1. The van der Waals surface area contributed by atoms with Crippen molar-refractivity contribution in [1.29, 1.82) is 0 Å². The molecule has 0 aliphatic carbocycles. The maximum absolute atomic E-state index is 3.42.